The average molecular weight is 915 g/mol. The van der Waals surface area contributed by atoms with Crippen LogP contribution in [0.5, 0.6) is 0 Å². The molecule has 27 atom stereocenters. The van der Waals surface area contributed by atoms with Gasteiger partial charge >= 0.3 is 0 Å². The van der Waals surface area contributed by atoms with Crippen LogP contribution < -0.4 is 0 Å². The highest BCUT2D eigenvalue weighted by atomic mass is 16.8. The first kappa shape index (κ1) is 48.1. The van der Waals surface area contributed by atoms with E-state index in [1.54, 1.807) is 7.11 Å². The maximum Gasteiger partial charge on any atom is 0.187 e. The van der Waals surface area contributed by atoms with Gasteiger partial charge in [-0.3, -0.25) is 0 Å². The summed E-state index contributed by atoms with van der Waals surface area (Å²) >= 11 is 0. The van der Waals surface area contributed by atoms with E-state index in [1.165, 1.54) is 12.5 Å². The molecule has 5 heterocycles. The van der Waals surface area contributed by atoms with Gasteiger partial charge in [-0.25, -0.2) is 0 Å². The summed E-state index contributed by atoms with van der Waals surface area (Å²) in [5.41, 5.74) is 1.39. The van der Waals surface area contributed by atoms with Crippen LogP contribution >= 0.6 is 0 Å². The number of allylic oxidation sites excluding steroid dienone is 1. The summed E-state index contributed by atoms with van der Waals surface area (Å²) < 4.78 is 55.9. The zero-order valence-corrected chi connectivity index (χ0v) is 37.9. The van der Waals surface area contributed by atoms with E-state index in [0.717, 1.165) is 44.9 Å². The van der Waals surface area contributed by atoms with E-state index in [4.69, 9.17) is 42.6 Å². The van der Waals surface area contributed by atoms with Crippen LogP contribution in [-0.2, 0) is 42.6 Å². The molecular weight excluding hydrogens is 840 g/mol. The first-order valence-electron chi connectivity index (χ1n) is 23.9. The third kappa shape index (κ3) is 7.79. The normalized spacial score (nSPS) is 57.4. The van der Waals surface area contributed by atoms with Gasteiger partial charge in [-0.1, -0.05) is 39.3 Å². The van der Waals surface area contributed by atoms with Crippen LogP contribution in [-0.4, -0.2) is 183 Å². The average Bonchev–Trinajstić information content (AvgIpc) is 3.73. The largest absolute Gasteiger partial charge is 0.394 e. The maximum atomic E-state index is 12.0. The van der Waals surface area contributed by atoms with Gasteiger partial charge < -0.3 is 88.6 Å². The number of methoxy groups -OCH3 is 1. The Morgan fingerprint density at radius 2 is 1.33 bits per heavy atom. The molecule has 8 fully saturated rings. The Hall–Kier alpha value is -0.980. The Labute approximate surface area is 375 Å². The third-order valence-electron chi connectivity index (χ3n) is 18.1. The lowest BCUT2D eigenvalue weighted by atomic mass is 9.47. The minimum Gasteiger partial charge on any atom is -0.394 e. The third-order valence-corrected chi connectivity index (χ3v) is 18.1. The van der Waals surface area contributed by atoms with Crippen molar-refractivity contribution >= 4 is 0 Å². The molecule has 9 rings (SSSR count). The van der Waals surface area contributed by atoms with Crippen molar-refractivity contribution < 1.29 is 88.6 Å². The van der Waals surface area contributed by atoms with Crippen LogP contribution in [0.4, 0.5) is 0 Å². The van der Waals surface area contributed by atoms with E-state index in [0.29, 0.717) is 42.4 Å². The van der Waals surface area contributed by atoms with Gasteiger partial charge in [0.05, 0.1) is 31.5 Å². The first-order valence-corrected chi connectivity index (χ1v) is 23.9. The molecule has 0 aromatic carbocycles. The van der Waals surface area contributed by atoms with Crippen molar-refractivity contribution in [1.82, 2.24) is 0 Å². The van der Waals surface area contributed by atoms with Crippen LogP contribution in [0.2, 0.25) is 0 Å². The Morgan fingerprint density at radius 1 is 0.656 bits per heavy atom. The molecule has 0 aromatic rings. The van der Waals surface area contributed by atoms with Crippen molar-refractivity contribution in [2.45, 2.75) is 209 Å². The summed E-state index contributed by atoms with van der Waals surface area (Å²) in [4.78, 5) is 0. The van der Waals surface area contributed by atoms with Gasteiger partial charge in [0.2, 0.25) is 0 Å². The molecule has 9 N–H and O–H groups in total. The Bertz CT molecular complexity index is 1670. The molecule has 5 unspecified atom stereocenters. The summed E-state index contributed by atoms with van der Waals surface area (Å²) in [6, 6.07) is 0. The Kier molecular flexibility index (Phi) is 13.6. The van der Waals surface area contributed by atoms with Crippen LogP contribution in [0.1, 0.15) is 92.4 Å². The van der Waals surface area contributed by atoms with Crippen molar-refractivity contribution in [2.75, 3.05) is 20.3 Å². The SMILES string of the molecule is CO[C@@H]1O[C@]2(CC[C@H]1C)OC1CC3C4CC=C5C[C@@H](O[C@@H]6O[C@H](CO)[C@@H](OC7O[C@H](CO)[C@@H](O)[C@H](O)[C@H]7O)[C@H](O)[C@H]6O[C@@H]6O[C@@H](C)[C@H](O)[C@@H](O)[C@H]6O)CC[C@]5(C)C4CC[C@]3(C)[C@H]1[C@@H]2C. The molecule has 5 saturated heterocycles. The second-order valence-electron chi connectivity index (χ2n) is 21.4. The maximum absolute atomic E-state index is 12.0. The quantitative estimate of drug-likeness (QED) is 0.140. The number of hydrogen-bond acceptors (Lipinski definition) is 18. The van der Waals surface area contributed by atoms with E-state index in [2.05, 4.69) is 33.8 Å². The molecule has 0 amide bonds. The van der Waals surface area contributed by atoms with Crippen molar-refractivity contribution in [1.29, 1.82) is 0 Å². The minimum absolute atomic E-state index is 0.0578. The zero-order valence-electron chi connectivity index (χ0n) is 37.9. The number of fused-ring (bicyclic) bond motifs is 7. The van der Waals surface area contributed by atoms with Crippen molar-refractivity contribution in [3.8, 4) is 0 Å². The predicted molar refractivity (Wildman–Crippen MR) is 220 cm³/mol. The summed E-state index contributed by atoms with van der Waals surface area (Å²) in [7, 11) is 1.72. The molecule has 18 heteroatoms. The zero-order chi connectivity index (χ0) is 45.8. The molecule has 4 aliphatic carbocycles. The number of aliphatic hydroxyl groups excluding tert-OH is 9. The lowest BCUT2D eigenvalue weighted by Crippen LogP contribution is -2.67. The molecule has 64 heavy (non-hydrogen) atoms. The molecule has 0 bridgehead atoms. The topological polar surface area (TPSA) is 265 Å². The van der Waals surface area contributed by atoms with Gasteiger partial charge in [0, 0.05) is 25.4 Å². The monoisotopic (exact) mass is 914 g/mol. The van der Waals surface area contributed by atoms with Crippen molar-refractivity contribution in [3.63, 3.8) is 0 Å². The number of rotatable bonds is 9. The predicted octanol–water partition coefficient (Wildman–Crippen LogP) is 0.187. The molecule has 5 aliphatic heterocycles. The van der Waals surface area contributed by atoms with E-state index < -0.39 is 117 Å². The van der Waals surface area contributed by atoms with Gasteiger partial charge in [0.15, 0.2) is 30.9 Å². The van der Waals surface area contributed by atoms with Crippen molar-refractivity contribution in [2.24, 2.45) is 46.3 Å². The Morgan fingerprint density at radius 3 is 2.03 bits per heavy atom. The van der Waals surface area contributed by atoms with Gasteiger partial charge in [0.25, 0.3) is 0 Å². The van der Waals surface area contributed by atoms with Crippen LogP contribution in [0.3, 0.4) is 0 Å². The molecule has 0 radical (unpaired) electrons. The Balaban J connectivity index is 0.914. The highest BCUT2D eigenvalue weighted by molar-refractivity contribution is 5.26. The van der Waals surface area contributed by atoms with Gasteiger partial charge in [-0.2, -0.15) is 0 Å². The molecular formula is C46H74O18. The highest BCUT2D eigenvalue weighted by Gasteiger charge is 2.69. The van der Waals surface area contributed by atoms with E-state index in [-0.39, 0.29) is 29.1 Å². The molecule has 18 nitrogen and oxygen atoms in total. The lowest BCUT2D eigenvalue weighted by molar-refractivity contribution is -0.389. The highest BCUT2D eigenvalue weighted by Crippen LogP contribution is 2.71. The molecule has 9 aliphatic rings. The first-order chi connectivity index (χ1) is 30.4. The fourth-order valence-corrected chi connectivity index (χ4v) is 14.3. The summed E-state index contributed by atoms with van der Waals surface area (Å²) in [5, 5.41) is 95.8. The summed E-state index contributed by atoms with van der Waals surface area (Å²) in [6.07, 6.45) is -12.9. The van der Waals surface area contributed by atoms with Gasteiger partial charge in [0.1, 0.15) is 67.1 Å². The summed E-state index contributed by atoms with van der Waals surface area (Å²) in [6.45, 7) is 9.51. The van der Waals surface area contributed by atoms with Gasteiger partial charge in [-0.05, 0) is 92.8 Å². The van der Waals surface area contributed by atoms with Crippen LogP contribution in [0, 0.1) is 46.3 Å². The molecule has 366 valence electrons. The van der Waals surface area contributed by atoms with Crippen LogP contribution in [0.25, 0.3) is 0 Å². The second kappa shape index (κ2) is 18.1. The number of ether oxygens (including phenoxy) is 9. The molecule has 0 aromatic heterocycles. The van der Waals surface area contributed by atoms with Gasteiger partial charge in [-0.15, -0.1) is 0 Å². The van der Waals surface area contributed by atoms with Crippen molar-refractivity contribution in [3.05, 3.63) is 11.6 Å². The fourth-order valence-electron chi connectivity index (χ4n) is 14.3. The molecule has 3 saturated carbocycles. The number of hydrogen-bond donors (Lipinski definition) is 9. The second-order valence-corrected chi connectivity index (χ2v) is 21.4. The standard InChI is InChI=1S/C46H74O18/c1-19-9-14-46(64-40(19)56-6)20(2)30-27(63-46)16-26-24-8-7-22-15-23(10-12-44(22,4)25(24)11-13-45(26,30)5)58-43-39(62-41-35(53)33(51)31(49)21(3)57-41)37(55)38(29(18-48)60-43)61-42-36(54)34(52)32(50)28(17-47)59-42/h7,19-21,23-43,47-55H,8-18H2,1-6H3/t19-,20+,21+,23+,24?,25?,26?,27?,28-,29-,30+,31+,32-,33-,34+,35-,36-,37+,38-,39-,40-,41+,42?,43-,44+,45+,46+/m1/s1. The van der Waals surface area contributed by atoms with E-state index >= 15 is 0 Å². The minimum atomic E-state index is -1.82. The summed E-state index contributed by atoms with van der Waals surface area (Å²) in [5.74, 6) is 1.91. The molecule has 1 spiro atoms. The lowest BCUT2D eigenvalue weighted by Gasteiger charge is -2.59. The van der Waals surface area contributed by atoms with E-state index in [1.807, 2.05) is 0 Å². The van der Waals surface area contributed by atoms with E-state index in [9.17, 15) is 46.0 Å². The van der Waals surface area contributed by atoms with Crippen LogP contribution in [0.15, 0.2) is 11.6 Å². The number of aliphatic hydroxyl groups is 9. The smallest absolute Gasteiger partial charge is 0.187 e. The fraction of sp³-hybridized carbons (Fsp3) is 0.957.